The Kier molecular flexibility index (Phi) is 7.12. The summed E-state index contributed by atoms with van der Waals surface area (Å²) in [4.78, 5) is 12.5. The van der Waals surface area contributed by atoms with Crippen molar-refractivity contribution >= 4 is 27.5 Å². The predicted octanol–water partition coefficient (Wildman–Crippen LogP) is 5.28. The Morgan fingerprint density at radius 3 is 2.50 bits per heavy atom. The van der Waals surface area contributed by atoms with Crippen LogP contribution in [0, 0.1) is 0 Å². The highest BCUT2D eigenvalue weighted by Gasteiger charge is 2.13. The molecule has 2 aromatic carbocycles. The van der Waals surface area contributed by atoms with Gasteiger partial charge in [-0.15, -0.1) is 0 Å². The summed E-state index contributed by atoms with van der Waals surface area (Å²) in [5.74, 6) is 1.16. The minimum Gasteiger partial charge on any atom is -0.494 e. The Balaban J connectivity index is 2.05. The fourth-order valence-electron chi connectivity index (χ4n) is 2.13. The molecule has 4 nitrogen and oxygen atoms in total. The molecule has 0 atom stereocenters. The minimum absolute atomic E-state index is 0.209. The summed E-state index contributed by atoms with van der Waals surface area (Å²) >= 11 is 3.39. The van der Waals surface area contributed by atoms with Crippen molar-refractivity contribution in [1.82, 2.24) is 0 Å². The first-order valence-electron chi connectivity index (χ1n) is 8.10. The second kappa shape index (κ2) is 9.33. The molecular weight excluding hydrogens is 370 g/mol. The smallest absolute Gasteiger partial charge is 0.259 e. The van der Waals surface area contributed by atoms with Crippen molar-refractivity contribution in [2.24, 2.45) is 0 Å². The number of hydrogen-bond donors (Lipinski definition) is 1. The van der Waals surface area contributed by atoms with Crippen molar-refractivity contribution in [3.63, 3.8) is 0 Å². The van der Waals surface area contributed by atoms with Gasteiger partial charge in [-0.3, -0.25) is 4.79 Å². The van der Waals surface area contributed by atoms with E-state index in [4.69, 9.17) is 9.47 Å². The van der Waals surface area contributed by atoms with Gasteiger partial charge in [0.2, 0.25) is 0 Å². The Bertz CT molecular complexity index is 671. The van der Waals surface area contributed by atoms with E-state index in [1.165, 1.54) is 0 Å². The standard InChI is InChI=1S/C19H22BrNO3/c1-3-5-12-24-16-9-7-15(8-10-16)21-19(22)17-13-14(20)6-11-18(17)23-4-2/h6-11,13H,3-5,12H2,1-2H3,(H,21,22). The van der Waals surface area contributed by atoms with Crippen LogP contribution in [0.2, 0.25) is 0 Å². The summed E-state index contributed by atoms with van der Waals surface area (Å²) in [5.41, 5.74) is 1.21. The van der Waals surface area contributed by atoms with E-state index in [9.17, 15) is 4.79 Å². The van der Waals surface area contributed by atoms with Crippen LogP contribution < -0.4 is 14.8 Å². The van der Waals surface area contributed by atoms with E-state index >= 15 is 0 Å². The lowest BCUT2D eigenvalue weighted by Crippen LogP contribution is -2.13. The number of rotatable bonds is 8. The minimum atomic E-state index is -0.209. The first-order chi connectivity index (χ1) is 11.6. The summed E-state index contributed by atoms with van der Waals surface area (Å²) in [6.45, 7) is 5.23. The Labute approximate surface area is 151 Å². The zero-order valence-electron chi connectivity index (χ0n) is 14.0. The third-order valence-corrected chi connectivity index (χ3v) is 3.86. The molecule has 0 unspecified atom stereocenters. The first kappa shape index (κ1) is 18.3. The number of unbranched alkanes of at least 4 members (excludes halogenated alkanes) is 1. The number of amides is 1. The zero-order valence-corrected chi connectivity index (χ0v) is 15.6. The normalized spacial score (nSPS) is 10.3. The summed E-state index contributed by atoms with van der Waals surface area (Å²) in [6.07, 6.45) is 2.13. The molecular formula is C19H22BrNO3. The third-order valence-electron chi connectivity index (χ3n) is 3.36. The van der Waals surface area contributed by atoms with Gasteiger partial charge in [0, 0.05) is 10.2 Å². The van der Waals surface area contributed by atoms with Gasteiger partial charge in [0.1, 0.15) is 11.5 Å². The number of nitrogens with one attached hydrogen (secondary N) is 1. The molecule has 5 heteroatoms. The second-order valence-electron chi connectivity index (χ2n) is 5.25. The van der Waals surface area contributed by atoms with Crippen LogP contribution >= 0.6 is 15.9 Å². The number of halogens is 1. The fourth-order valence-corrected chi connectivity index (χ4v) is 2.49. The van der Waals surface area contributed by atoms with Crippen molar-refractivity contribution in [1.29, 1.82) is 0 Å². The van der Waals surface area contributed by atoms with Gasteiger partial charge < -0.3 is 14.8 Å². The van der Waals surface area contributed by atoms with Gasteiger partial charge in [0.05, 0.1) is 18.8 Å². The largest absolute Gasteiger partial charge is 0.494 e. The average molecular weight is 392 g/mol. The summed E-state index contributed by atoms with van der Waals surface area (Å²) in [6, 6.07) is 12.8. The highest BCUT2D eigenvalue weighted by Crippen LogP contribution is 2.25. The molecule has 0 radical (unpaired) electrons. The third kappa shape index (κ3) is 5.27. The molecule has 2 rings (SSSR count). The van der Waals surface area contributed by atoms with Crippen molar-refractivity contribution in [3.05, 3.63) is 52.5 Å². The van der Waals surface area contributed by atoms with E-state index in [0.717, 1.165) is 23.1 Å². The van der Waals surface area contributed by atoms with Gasteiger partial charge >= 0.3 is 0 Å². The lowest BCUT2D eigenvalue weighted by atomic mass is 10.2. The molecule has 0 saturated heterocycles. The van der Waals surface area contributed by atoms with Gasteiger partial charge in [0.15, 0.2) is 0 Å². The van der Waals surface area contributed by atoms with Gasteiger partial charge in [-0.25, -0.2) is 0 Å². The molecule has 2 aromatic rings. The van der Waals surface area contributed by atoms with Crippen LogP contribution in [0.1, 0.15) is 37.0 Å². The first-order valence-corrected chi connectivity index (χ1v) is 8.90. The SMILES string of the molecule is CCCCOc1ccc(NC(=O)c2cc(Br)ccc2OCC)cc1. The van der Waals surface area contributed by atoms with Crippen molar-refractivity contribution < 1.29 is 14.3 Å². The van der Waals surface area contributed by atoms with Crippen LogP contribution in [-0.4, -0.2) is 19.1 Å². The summed E-state index contributed by atoms with van der Waals surface area (Å²) < 4.78 is 12.0. The van der Waals surface area contributed by atoms with E-state index in [1.54, 1.807) is 12.1 Å². The Morgan fingerprint density at radius 2 is 1.83 bits per heavy atom. The van der Waals surface area contributed by atoms with Crippen molar-refractivity contribution in [2.75, 3.05) is 18.5 Å². The van der Waals surface area contributed by atoms with Crippen LogP contribution in [0.4, 0.5) is 5.69 Å². The number of carbonyl (C=O) groups excluding carboxylic acids is 1. The molecule has 0 heterocycles. The lowest BCUT2D eigenvalue weighted by molar-refractivity contribution is 0.102. The van der Waals surface area contributed by atoms with E-state index in [2.05, 4.69) is 28.2 Å². The van der Waals surface area contributed by atoms with Crippen molar-refractivity contribution in [2.45, 2.75) is 26.7 Å². The fraction of sp³-hybridized carbons (Fsp3) is 0.316. The molecule has 0 aromatic heterocycles. The van der Waals surface area contributed by atoms with Gasteiger partial charge in [-0.2, -0.15) is 0 Å². The molecule has 0 bridgehead atoms. The van der Waals surface area contributed by atoms with Crippen LogP contribution in [0.15, 0.2) is 46.9 Å². The number of hydrogen-bond acceptors (Lipinski definition) is 3. The highest BCUT2D eigenvalue weighted by molar-refractivity contribution is 9.10. The monoisotopic (exact) mass is 391 g/mol. The predicted molar refractivity (Wildman–Crippen MR) is 100 cm³/mol. The van der Waals surface area contributed by atoms with Crippen LogP contribution in [0.3, 0.4) is 0 Å². The van der Waals surface area contributed by atoms with E-state index in [-0.39, 0.29) is 5.91 Å². The maximum absolute atomic E-state index is 12.5. The molecule has 1 amide bonds. The van der Waals surface area contributed by atoms with Gasteiger partial charge in [-0.1, -0.05) is 29.3 Å². The maximum Gasteiger partial charge on any atom is 0.259 e. The summed E-state index contributed by atoms with van der Waals surface area (Å²) in [7, 11) is 0. The molecule has 0 spiro atoms. The van der Waals surface area contributed by atoms with Crippen LogP contribution in [0.5, 0.6) is 11.5 Å². The highest BCUT2D eigenvalue weighted by atomic mass is 79.9. The van der Waals surface area contributed by atoms with Gasteiger partial charge in [-0.05, 0) is 55.8 Å². The van der Waals surface area contributed by atoms with E-state index in [1.807, 2.05) is 37.3 Å². The molecule has 1 N–H and O–H groups in total. The topological polar surface area (TPSA) is 47.6 Å². The molecule has 0 saturated carbocycles. The second-order valence-corrected chi connectivity index (χ2v) is 6.17. The molecule has 128 valence electrons. The van der Waals surface area contributed by atoms with Gasteiger partial charge in [0.25, 0.3) is 5.91 Å². The maximum atomic E-state index is 12.5. The Hall–Kier alpha value is -2.01. The average Bonchev–Trinajstić information content (AvgIpc) is 2.58. The Morgan fingerprint density at radius 1 is 1.08 bits per heavy atom. The van der Waals surface area contributed by atoms with E-state index < -0.39 is 0 Å². The quantitative estimate of drug-likeness (QED) is 0.622. The molecule has 24 heavy (non-hydrogen) atoms. The zero-order chi connectivity index (χ0) is 17.4. The molecule has 0 aliphatic heterocycles. The van der Waals surface area contributed by atoms with Crippen molar-refractivity contribution in [3.8, 4) is 11.5 Å². The number of benzene rings is 2. The number of anilines is 1. The lowest BCUT2D eigenvalue weighted by Gasteiger charge is -2.12. The molecule has 0 fully saturated rings. The molecule has 0 aliphatic carbocycles. The molecule has 0 aliphatic rings. The number of carbonyl (C=O) groups is 1. The van der Waals surface area contributed by atoms with Crippen LogP contribution in [-0.2, 0) is 0 Å². The summed E-state index contributed by atoms with van der Waals surface area (Å²) in [5, 5.41) is 2.88. The van der Waals surface area contributed by atoms with E-state index in [0.29, 0.717) is 30.2 Å². The number of ether oxygens (including phenoxy) is 2. The van der Waals surface area contributed by atoms with Crippen LogP contribution in [0.25, 0.3) is 0 Å².